The van der Waals surface area contributed by atoms with E-state index < -0.39 is 24.0 Å². The van der Waals surface area contributed by atoms with Gasteiger partial charge in [-0.05, 0) is 18.6 Å². The van der Waals surface area contributed by atoms with Crippen LogP contribution in [0.1, 0.15) is 5.56 Å². The molecule has 1 aliphatic heterocycles. The molecular formula is C12H13F3N2O2. The largest absolute Gasteiger partial charge is 0.481 e. The molecule has 19 heavy (non-hydrogen) atoms. The molecule has 0 saturated carbocycles. The molecule has 1 aliphatic rings. The van der Waals surface area contributed by atoms with E-state index in [1.165, 1.54) is 11.1 Å². The van der Waals surface area contributed by atoms with Crippen LogP contribution in [0, 0.1) is 18.8 Å². The predicted molar refractivity (Wildman–Crippen MR) is 61.9 cm³/mol. The summed E-state index contributed by atoms with van der Waals surface area (Å²) in [6, 6.07) is 1.60. The first-order chi connectivity index (χ1) is 8.80. The van der Waals surface area contributed by atoms with E-state index in [0.717, 1.165) is 5.56 Å². The minimum absolute atomic E-state index is 0.135. The first-order valence-corrected chi connectivity index (χ1v) is 5.76. The van der Waals surface area contributed by atoms with Crippen LogP contribution in [0.5, 0.6) is 0 Å². The van der Waals surface area contributed by atoms with Crippen molar-refractivity contribution in [3.8, 4) is 0 Å². The third kappa shape index (κ3) is 2.64. The lowest BCUT2D eigenvalue weighted by Gasteiger charge is -2.21. The number of hydrogen-bond acceptors (Lipinski definition) is 3. The van der Waals surface area contributed by atoms with Gasteiger partial charge in [0, 0.05) is 31.2 Å². The van der Waals surface area contributed by atoms with Gasteiger partial charge >= 0.3 is 12.1 Å². The molecule has 0 unspecified atom stereocenters. The topological polar surface area (TPSA) is 53.4 Å². The van der Waals surface area contributed by atoms with Gasteiger partial charge in [-0.3, -0.25) is 9.78 Å². The van der Waals surface area contributed by atoms with E-state index in [-0.39, 0.29) is 13.1 Å². The Kier molecular flexibility index (Phi) is 3.38. The quantitative estimate of drug-likeness (QED) is 0.897. The second kappa shape index (κ2) is 4.71. The average molecular weight is 274 g/mol. The second-order valence-electron chi connectivity index (χ2n) is 4.66. The molecule has 0 bridgehead atoms. The Hall–Kier alpha value is -1.79. The third-order valence-electron chi connectivity index (χ3n) is 3.39. The molecule has 1 fully saturated rings. The Morgan fingerprint density at radius 3 is 2.63 bits per heavy atom. The van der Waals surface area contributed by atoms with Gasteiger partial charge in [0.1, 0.15) is 0 Å². The number of pyridine rings is 1. The summed E-state index contributed by atoms with van der Waals surface area (Å²) in [6.07, 6.45) is -1.47. The summed E-state index contributed by atoms with van der Waals surface area (Å²) in [5.41, 5.74) is 1.34. The van der Waals surface area contributed by atoms with Crippen molar-refractivity contribution in [2.45, 2.75) is 13.1 Å². The number of rotatable bonds is 2. The molecule has 0 amide bonds. The van der Waals surface area contributed by atoms with Gasteiger partial charge in [0.25, 0.3) is 0 Å². The van der Waals surface area contributed by atoms with Gasteiger partial charge in [-0.25, -0.2) is 0 Å². The maximum absolute atomic E-state index is 12.9. The van der Waals surface area contributed by atoms with E-state index in [9.17, 15) is 18.0 Å². The van der Waals surface area contributed by atoms with Crippen molar-refractivity contribution in [1.29, 1.82) is 0 Å². The fourth-order valence-corrected chi connectivity index (χ4v) is 2.40. The van der Waals surface area contributed by atoms with Crippen LogP contribution in [0.2, 0.25) is 0 Å². The van der Waals surface area contributed by atoms with Crippen molar-refractivity contribution in [1.82, 2.24) is 4.98 Å². The highest BCUT2D eigenvalue weighted by atomic mass is 19.4. The highest BCUT2D eigenvalue weighted by Crippen LogP contribution is 2.39. The molecule has 7 heteroatoms. The Morgan fingerprint density at radius 2 is 2.16 bits per heavy atom. The molecule has 1 N–H and O–H groups in total. The van der Waals surface area contributed by atoms with Crippen LogP contribution in [0.3, 0.4) is 0 Å². The monoisotopic (exact) mass is 274 g/mol. The van der Waals surface area contributed by atoms with Crippen molar-refractivity contribution in [2.24, 2.45) is 11.8 Å². The average Bonchev–Trinajstić information content (AvgIpc) is 2.74. The molecule has 4 nitrogen and oxygen atoms in total. The lowest BCUT2D eigenvalue weighted by molar-refractivity contribution is -0.187. The Morgan fingerprint density at radius 1 is 1.47 bits per heavy atom. The number of anilines is 1. The lowest BCUT2D eigenvalue weighted by Crippen LogP contribution is -2.33. The number of aryl methyl sites for hydroxylation is 1. The number of aromatic nitrogens is 1. The second-order valence-corrected chi connectivity index (χ2v) is 4.66. The number of carboxylic acid groups (broad SMARTS) is 1. The summed E-state index contributed by atoms with van der Waals surface area (Å²) < 4.78 is 38.6. The zero-order chi connectivity index (χ0) is 14.2. The molecule has 1 aromatic heterocycles. The summed E-state index contributed by atoms with van der Waals surface area (Å²) >= 11 is 0. The van der Waals surface area contributed by atoms with Crippen molar-refractivity contribution in [2.75, 3.05) is 18.0 Å². The summed E-state index contributed by atoms with van der Waals surface area (Å²) in [6.45, 7) is 1.27. The normalized spacial score (nSPS) is 23.7. The summed E-state index contributed by atoms with van der Waals surface area (Å²) in [5.74, 6) is -4.67. The Labute approximate surface area is 107 Å². The van der Waals surface area contributed by atoms with Gasteiger partial charge in [-0.1, -0.05) is 0 Å². The molecule has 1 aromatic rings. The van der Waals surface area contributed by atoms with E-state index >= 15 is 0 Å². The highest BCUT2D eigenvalue weighted by molar-refractivity contribution is 5.73. The predicted octanol–water partition coefficient (Wildman–Crippen LogP) is 2.09. The summed E-state index contributed by atoms with van der Waals surface area (Å²) in [5, 5.41) is 8.94. The van der Waals surface area contributed by atoms with E-state index in [2.05, 4.69) is 4.98 Å². The van der Waals surface area contributed by atoms with Crippen molar-refractivity contribution < 1.29 is 23.1 Å². The minimum Gasteiger partial charge on any atom is -0.481 e. The molecular weight excluding hydrogens is 261 g/mol. The number of nitrogens with zero attached hydrogens (tertiary/aromatic N) is 2. The standard InChI is InChI=1S/C12H13F3N2O2/c1-7-4-16-3-2-10(7)17-5-8(11(18)19)9(6-17)12(13,14)15/h2-4,8-9H,5-6H2,1H3,(H,18,19)/t8-,9-/m1/s1. The lowest BCUT2D eigenvalue weighted by atomic mass is 9.96. The maximum Gasteiger partial charge on any atom is 0.394 e. The maximum atomic E-state index is 12.9. The van der Waals surface area contributed by atoms with Gasteiger partial charge in [-0.15, -0.1) is 0 Å². The first kappa shape index (κ1) is 13.6. The molecule has 0 aliphatic carbocycles. The van der Waals surface area contributed by atoms with Crippen LogP contribution in [0.15, 0.2) is 18.5 Å². The molecule has 2 atom stereocenters. The molecule has 0 spiro atoms. The fraction of sp³-hybridized carbons (Fsp3) is 0.500. The van der Waals surface area contributed by atoms with E-state index in [4.69, 9.17) is 5.11 Å². The van der Waals surface area contributed by atoms with Crippen LogP contribution in [0.25, 0.3) is 0 Å². The van der Waals surface area contributed by atoms with Crippen LogP contribution in [-0.4, -0.2) is 35.3 Å². The van der Waals surface area contributed by atoms with Crippen LogP contribution >= 0.6 is 0 Å². The first-order valence-electron chi connectivity index (χ1n) is 5.76. The molecule has 104 valence electrons. The van der Waals surface area contributed by atoms with E-state index in [0.29, 0.717) is 5.69 Å². The Balaban J connectivity index is 2.28. The van der Waals surface area contributed by atoms with Crippen LogP contribution in [-0.2, 0) is 4.79 Å². The zero-order valence-electron chi connectivity index (χ0n) is 10.2. The van der Waals surface area contributed by atoms with Crippen molar-refractivity contribution in [3.63, 3.8) is 0 Å². The van der Waals surface area contributed by atoms with Gasteiger partial charge in [-0.2, -0.15) is 13.2 Å². The number of alkyl halides is 3. The number of hydrogen-bond donors (Lipinski definition) is 1. The number of carboxylic acids is 1. The van der Waals surface area contributed by atoms with Gasteiger partial charge in [0.05, 0.1) is 11.8 Å². The Bertz CT molecular complexity index is 490. The van der Waals surface area contributed by atoms with Gasteiger partial charge < -0.3 is 10.0 Å². The van der Waals surface area contributed by atoms with Crippen molar-refractivity contribution >= 4 is 11.7 Å². The third-order valence-corrected chi connectivity index (χ3v) is 3.39. The van der Waals surface area contributed by atoms with E-state index in [1.807, 2.05) is 0 Å². The number of halogens is 3. The van der Waals surface area contributed by atoms with Gasteiger partial charge in [0.15, 0.2) is 0 Å². The fourth-order valence-electron chi connectivity index (χ4n) is 2.40. The molecule has 2 rings (SSSR count). The highest BCUT2D eigenvalue weighted by Gasteiger charge is 2.52. The molecule has 2 heterocycles. The zero-order valence-corrected chi connectivity index (χ0v) is 10.2. The smallest absolute Gasteiger partial charge is 0.394 e. The minimum atomic E-state index is -4.50. The molecule has 0 radical (unpaired) electrons. The van der Waals surface area contributed by atoms with Crippen LogP contribution < -0.4 is 4.90 Å². The van der Waals surface area contributed by atoms with E-state index in [1.54, 1.807) is 19.2 Å². The summed E-state index contributed by atoms with van der Waals surface area (Å²) in [7, 11) is 0. The van der Waals surface area contributed by atoms with Gasteiger partial charge in [0.2, 0.25) is 0 Å². The number of carbonyl (C=O) groups is 1. The van der Waals surface area contributed by atoms with Crippen molar-refractivity contribution in [3.05, 3.63) is 24.0 Å². The molecule has 0 aromatic carbocycles. The van der Waals surface area contributed by atoms with Crippen LogP contribution in [0.4, 0.5) is 18.9 Å². The number of aliphatic carboxylic acids is 1. The molecule has 1 saturated heterocycles. The summed E-state index contributed by atoms with van der Waals surface area (Å²) in [4.78, 5) is 16.3. The SMILES string of the molecule is Cc1cnccc1N1C[C@@H](C(F)(F)F)[C@H](C(=O)O)C1.